The quantitative estimate of drug-likeness (QED) is 0.600. The summed E-state index contributed by atoms with van der Waals surface area (Å²) in [4.78, 5) is 0. The predicted octanol–water partition coefficient (Wildman–Crippen LogP) is 2.33. The smallest absolute Gasteiger partial charge is 0.00229 e. The Hall–Kier alpha value is -0.300. The van der Waals surface area contributed by atoms with Crippen molar-refractivity contribution in [1.82, 2.24) is 0 Å². The molecule has 0 spiro atoms. The van der Waals surface area contributed by atoms with Crippen molar-refractivity contribution in [1.29, 1.82) is 0 Å². The molecular formula is C9H19N. The van der Waals surface area contributed by atoms with Crippen molar-refractivity contribution in [3.8, 4) is 0 Å². The SMILES string of the molecule is CC(C)=CCC(C)(C)CN. The number of allylic oxidation sites excluding steroid dienone is 2. The molecule has 1 nitrogen and oxygen atoms in total. The van der Waals surface area contributed by atoms with Gasteiger partial charge in [-0.3, -0.25) is 0 Å². The van der Waals surface area contributed by atoms with Crippen LogP contribution < -0.4 is 5.73 Å². The second-order valence-corrected chi connectivity index (χ2v) is 3.85. The van der Waals surface area contributed by atoms with Crippen LogP contribution in [0.4, 0.5) is 0 Å². The molecule has 0 aliphatic carbocycles. The summed E-state index contributed by atoms with van der Waals surface area (Å²) in [7, 11) is 0. The molecule has 0 aromatic heterocycles. The average Bonchev–Trinajstić information content (AvgIpc) is 1.85. The third kappa shape index (κ3) is 4.57. The first-order chi connectivity index (χ1) is 4.48. The lowest BCUT2D eigenvalue weighted by molar-refractivity contribution is 0.384. The third-order valence-electron chi connectivity index (χ3n) is 1.62. The zero-order valence-corrected chi connectivity index (χ0v) is 7.57. The van der Waals surface area contributed by atoms with Gasteiger partial charge in [-0.2, -0.15) is 0 Å². The van der Waals surface area contributed by atoms with E-state index >= 15 is 0 Å². The second-order valence-electron chi connectivity index (χ2n) is 3.85. The molecule has 0 bridgehead atoms. The molecule has 0 aromatic rings. The predicted molar refractivity (Wildman–Crippen MR) is 46.9 cm³/mol. The number of hydrogen-bond donors (Lipinski definition) is 1. The summed E-state index contributed by atoms with van der Waals surface area (Å²) in [6.07, 6.45) is 3.33. The van der Waals surface area contributed by atoms with Gasteiger partial charge in [0.1, 0.15) is 0 Å². The molecule has 60 valence electrons. The fraction of sp³-hybridized carbons (Fsp3) is 0.778. The Labute approximate surface area is 64.3 Å². The molecule has 0 saturated heterocycles. The van der Waals surface area contributed by atoms with Gasteiger partial charge >= 0.3 is 0 Å². The third-order valence-corrected chi connectivity index (χ3v) is 1.62. The van der Waals surface area contributed by atoms with Gasteiger partial charge in [-0.05, 0) is 32.2 Å². The van der Waals surface area contributed by atoms with Gasteiger partial charge in [-0.25, -0.2) is 0 Å². The van der Waals surface area contributed by atoms with Crippen molar-refractivity contribution in [3.05, 3.63) is 11.6 Å². The fourth-order valence-corrected chi connectivity index (χ4v) is 0.564. The maximum Gasteiger partial charge on any atom is -0.00229 e. The molecule has 0 rings (SSSR count). The van der Waals surface area contributed by atoms with Gasteiger partial charge in [0.25, 0.3) is 0 Å². The first-order valence-corrected chi connectivity index (χ1v) is 3.81. The van der Waals surface area contributed by atoms with E-state index in [1.165, 1.54) is 5.57 Å². The lowest BCUT2D eigenvalue weighted by Crippen LogP contribution is -2.22. The van der Waals surface area contributed by atoms with Crippen molar-refractivity contribution in [2.45, 2.75) is 34.1 Å². The summed E-state index contributed by atoms with van der Waals surface area (Å²) in [6, 6.07) is 0. The zero-order valence-electron chi connectivity index (χ0n) is 7.57. The molecule has 0 aromatic carbocycles. The standard InChI is InChI=1S/C9H19N/c1-8(2)5-6-9(3,4)7-10/h5H,6-7,10H2,1-4H3. The molecule has 10 heavy (non-hydrogen) atoms. The van der Waals surface area contributed by atoms with Crippen LogP contribution in [0.15, 0.2) is 11.6 Å². The summed E-state index contributed by atoms with van der Waals surface area (Å²) < 4.78 is 0. The highest BCUT2D eigenvalue weighted by Gasteiger charge is 2.12. The Kier molecular flexibility index (Phi) is 3.66. The fourth-order valence-electron chi connectivity index (χ4n) is 0.564. The van der Waals surface area contributed by atoms with E-state index in [1.54, 1.807) is 0 Å². The lowest BCUT2D eigenvalue weighted by atomic mass is 9.89. The van der Waals surface area contributed by atoms with Crippen molar-refractivity contribution >= 4 is 0 Å². The molecule has 0 atom stereocenters. The van der Waals surface area contributed by atoms with Crippen molar-refractivity contribution < 1.29 is 0 Å². The minimum atomic E-state index is 0.275. The van der Waals surface area contributed by atoms with Crippen LogP contribution >= 0.6 is 0 Å². The van der Waals surface area contributed by atoms with Gasteiger partial charge in [0, 0.05) is 0 Å². The Balaban J connectivity index is 3.78. The number of hydrogen-bond acceptors (Lipinski definition) is 1. The summed E-state index contributed by atoms with van der Waals surface area (Å²) in [6.45, 7) is 9.37. The first-order valence-electron chi connectivity index (χ1n) is 3.81. The average molecular weight is 141 g/mol. The maximum absolute atomic E-state index is 5.56. The van der Waals surface area contributed by atoms with E-state index < -0.39 is 0 Å². The maximum atomic E-state index is 5.56. The van der Waals surface area contributed by atoms with Gasteiger partial charge in [0.2, 0.25) is 0 Å². The van der Waals surface area contributed by atoms with Crippen LogP contribution in [0, 0.1) is 5.41 Å². The van der Waals surface area contributed by atoms with E-state index in [0.717, 1.165) is 13.0 Å². The molecule has 0 aliphatic heterocycles. The lowest BCUT2D eigenvalue weighted by Gasteiger charge is -2.19. The minimum absolute atomic E-state index is 0.275. The Morgan fingerprint density at radius 2 is 1.90 bits per heavy atom. The Bertz CT molecular complexity index is 119. The van der Waals surface area contributed by atoms with Gasteiger partial charge in [-0.15, -0.1) is 0 Å². The van der Waals surface area contributed by atoms with Gasteiger partial charge < -0.3 is 5.73 Å². The van der Waals surface area contributed by atoms with Gasteiger partial charge in [-0.1, -0.05) is 25.5 Å². The molecule has 0 saturated carbocycles. The van der Waals surface area contributed by atoms with Crippen molar-refractivity contribution in [3.63, 3.8) is 0 Å². The van der Waals surface area contributed by atoms with Crippen LogP contribution in [0.1, 0.15) is 34.1 Å². The highest BCUT2D eigenvalue weighted by atomic mass is 14.6. The molecule has 2 N–H and O–H groups in total. The molecule has 1 heteroatoms. The molecule has 0 heterocycles. The summed E-state index contributed by atoms with van der Waals surface area (Å²) in [5.41, 5.74) is 7.21. The normalized spacial score (nSPS) is 11.3. The van der Waals surface area contributed by atoms with Crippen LogP contribution in [0.2, 0.25) is 0 Å². The van der Waals surface area contributed by atoms with Crippen molar-refractivity contribution in [2.24, 2.45) is 11.1 Å². The Morgan fingerprint density at radius 1 is 1.40 bits per heavy atom. The first kappa shape index (κ1) is 9.70. The van der Waals surface area contributed by atoms with Crippen LogP contribution in [0.3, 0.4) is 0 Å². The van der Waals surface area contributed by atoms with E-state index in [9.17, 15) is 0 Å². The topological polar surface area (TPSA) is 26.0 Å². The number of rotatable bonds is 3. The molecular weight excluding hydrogens is 122 g/mol. The number of nitrogens with two attached hydrogens (primary N) is 1. The highest BCUT2D eigenvalue weighted by Crippen LogP contribution is 2.19. The summed E-state index contributed by atoms with van der Waals surface area (Å²) >= 11 is 0. The molecule has 0 fully saturated rings. The van der Waals surface area contributed by atoms with Crippen LogP contribution in [-0.4, -0.2) is 6.54 Å². The summed E-state index contributed by atoms with van der Waals surface area (Å²) in [5, 5.41) is 0. The van der Waals surface area contributed by atoms with E-state index in [2.05, 4.69) is 33.8 Å². The molecule has 0 amide bonds. The van der Waals surface area contributed by atoms with Gasteiger partial charge in [0.05, 0.1) is 0 Å². The van der Waals surface area contributed by atoms with Crippen LogP contribution in [0.5, 0.6) is 0 Å². The largest absolute Gasteiger partial charge is 0.330 e. The van der Waals surface area contributed by atoms with E-state index in [0.29, 0.717) is 0 Å². The molecule has 0 radical (unpaired) electrons. The van der Waals surface area contributed by atoms with Crippen LogP contribution in [-0.2, 0) is 0 Å². The highest BCUT2D eigenvalue weighted by molar-refractivity contribution is 4.96. The van der Waals surface area contributed by atoms with Crippen molar-refractivity contribution in [2.75, 3.05) is 6.54 Å². The van der Waals surface area contributed by atoms with E-state index in [-0.39, 0.29) is 5.41 Å². The zero-order chi connectivity index (χ0) is 8.20. The molecule has 0 unspecified atom stereocenters. The minimum Gasteiger partial charge on any atom is -0.330 e. The van der Waals surface area contributed by atoms with E-state index in [4.69, 9.17) is 5.73 Å². The molecule has 0 aliphatic rings. The summed E-state index contributed by atoms with van der Waals surface area (Å²) in [5.74, 6) is 0. The Morgan fingerprint density at radius 3 is 2.20 bits per heavy atom. The monoisotopic (exact) mass is 141 g/mol. The van der Waals surface area contributed by atoms with Crippen LogP contribution in [0.25, 0.3) is 0 Å². The second kappa shape index (κ2) is 3.77. The van der Waals surface area contributed by atoms with E-state index in [1.807, 2.05) is 0 Å². The van der Waals surface area contributed by atoms with Gasteiger partial charge in [0.15, 0.2) is 0 Å².